The number of hydrogen-bond acceptors (Lipinski definition) is 3. The molecule has 0 aliphatic carbocycles. The number of halogens is 2. The zero-order chi connectivity index (χ0) is 14.7. The topological polar surface area (TPSA) is 37.8 Å². The van der Waals surface area contributed by atoms with Gasteiger partial charge in [-0.15, -0.1) is 0 Å². The lowest BCUT2D eigenvalue weighted by Crippen LogP contribution is -2.08. The van der Waals surface area contributed by atoms with Crippen LogP contribution in [0, 0.1) is 16.3 Å². The molecule has 0 radical (unpaired) electrons. The van der Waals surface area contributed by atoms with Crippen molar-refractivity contribution >= 4 is 28.4 Å². The lowest BCUT2D eigenvalue weighted by Gasteiger charge is -2.12. The Kier molecular flexibility index (Phi) is 4.91. The van der Waals surface area contributed by atoms with E-state index in [2.05, 4.69) is 44.8 Å². The van der Waals surface area contributed by atoms with Gasteiger partial charge in [-0.25, -0.2) is 14.4 Å². The Morgan fingerprint density at radius 1 is 1.25 bits per heavy atom. The summed E-state index contributed by atoms with van der Waals surface area (Å²) in [5.74, 6) is 1.26. The van der Waals surface area contributed by atoms with E-state index in [1.54, 1.807) is 6.07 Å². The second-order valence-corrected chi connectivity index (χ2v) is 5.58. The third kappa shape index (κ3) is 3.08. The van der Waals surface area contributed by atoms with E-state index in [1.807, 2.05) is 13.8 Å². The molecule has 0 aliphatic heterocycles. The van der Waals surface area contributed by atoms with Crippen LogP contribution in [0.5, 0.6) is 0 Å². The summed E-state index contributed by atoms with van der Waals surface area (Å²) < 4.78 is 14.3. The van der Waals surface area contributed by atoms with Crippen molar-refractivity contribution in [2.45, 2.75) is 27.2 Å². The van der Waals surface area contributed by atoms with Crippen LogP contribution in [0.1, 0.15) is 25.1 Å². The first-order valence-corrected chi connectivity index (χ1v) is 7.71. The van der Waals surface area contributed by atoms with Crippen molar-refractivity contribution in [1.29, 1.82) is 0 Å². The van der Waals surface area contributed by atoms with Gasteiger partial charge in [0.2, 0.25) is 0 Å². The minimum Gasteiger partial charge on any atom is -0.369 e. The minimum absolute atomic E-state index is 0.237. The smallest absolute Gasteiger partial charge is 0.162 e. The van der Waals surface area contributed by atoms with Gasteiger partial charge < -0.3 is 5.32 Å². The quantitative estimate of drug-likeness (QED) is 0.803. The van der Waals surface area contributed by atoms with Crippen LogP contribution < -0.4 is 5.32 Å². The molecule has 0 saturated heterocycles. The molecule has 20 heavy (non-hydrogen) atoms. The van der Waals surface area contributed by atoms with Crippen molar-refractivity contribution in [3.8, 4) is 11.4 Å². The average Bonchev–Trinajstić information content (AvgIpc) is 2.41. The summed E-state index contributed by atoms with van der Waals surface area (Å²) in [6, 6.07) is 4.69. The van der Waals surface area contributed by atoms with Gasteiger partial charge in [0, 0.05) is 12.1 Å². The number of aryl methyl sites for hydroxylation is 2. The predicted octanol–water partition coefficient (Wildman–Crippen LogP) is 4.19. The van der Waals surface area contributed by atoms with E-state index in [0.717, 1.165) is 39.2 Å². The summed E-state index contributed by atoms with van der Waals surface area (Å²) in [7, 11) is 0. The summed E-state index contributed by atoms with van der Waals surface area (Å²) in [5.41, 5.74) is 2.72. The van der Waals surface area contributed by atoms with Crippen LogP contribution in [0.15, 0.2) is 18.2 Å². The summed E-state index contributed by atoms with van der Waals surface area (Å²) in [5, 5.41) is 3.26. The number of nitrogens with one attached hydrogen (secondary N) is 1. The number of benzene rings is 1. The number of aromatic nitrogens is 2. The van der Waals surface area contributed by atoms with E-state index in [0.29, 0.717) is 5.82 Å². The molecule has 0 aliphatic rings. The molecule has 0 saturated carbocycles. The maximum atomic E-state index is 13.2. The molecule has 0 fully saturated rings. The second-order valence-electron chi connectivity index (χ2n) is 4.50. The maximum absolute atomic E-state index is 13.2. The van der Waals surface area contributed by atoms with Gasteiger partial charge in [-0.2, -0.15) is 0 Å². The van der Waals surface area contributed by atoms with Crippen molar-refractivity contribution in [3.63, 3.8) is 0 Å². The van der Waals surface area contributed by atoms with E-state index in [-0.39, 0.29) is 5.82 Å². The largest absolute Gasteiger partial charge is 0.369 e. The Balaban J connectivity index is 2.58. The van der Waals surface area contributed by atoms with E-state index < -0.39 is 0 Å². The average molecular weight is 385 g/mol. The van der Waals surface area contributed by atoms with Crippen LogP contribution in [0.2, 0.25) is 0 Å². The standard InChI is InChI=1S/C15H17FIN3/c1-4-12-13(17)15(18-5-2)20-14(19-12)11-7-6-10(16)8-9(11)3/h6-8H,4-5H2,1-3H3,(H,18,19,20). The van der Waals surface area contributed by atoms with Crippen LogP contribution in [0.3, 0.4) is 0 Å². The molecule has 0 amide bonds. The predicted molar refractivity (Wildman–Crippen MR) is 88.4 cm³/mol. The van der Waals surface area contributed by atoms with Crippen LogP contribution in [0.4, 0.5) is 10.2 Å². The highest BCUT2D eigenvalue weighted by Gasteiger charge is 2.13. The van der Waals surface area contributed by atoms with Gasteiger partial charge in [0.15, 0.2) is 5.82 Å². The van der Waals surface area contributed by atoms with Crippen molar-refractivity contribution in [1.82, 2.24) is 9.97 Å². The fourth-order valence-corrected chi connectivity index (χ4v) is 2.82. The van der Waals surface area contributed by atoms with Crippen molar-refractivity contribution in [2.75, 3.05) is 11.9 Å². The Morgan fingerprint density at radius 3 is 2.60 bits per heavy atom. The molecular weight excluding hydrogens is 368 g/mol. The van der Waals surface area contributed by atoms with Gasteiger partial charge in [0.05, 0.1) is 9.26 Å². The molecular formula is C15H17FIN3. The fraction of sp³-hybridized carbons (Fsp3) is 0.333. The third-order valence-electron chi connectivity index (χ3n) is 3.03. The molecule has 2 rings (SSSR count). The molecule has 0 atom stereocenters. The highest BCUT2D eigenvalue weighted by atomic mass is 127. The summed E-state index contributed by atoms with van der Waals surface area (Å²) in [6.07, 6.45) is 0.840. The van der Waals surface area contributed by atoms with Gasteiger partial charge in [-0.3, -0.25) is 0 Å². The van der Waals surface area contributed by atoms with Gasteiger partial charge >= 0.3 is 0 Å². The molecule has 1 heterocycles. The lowest BCUT2D eigenvalue weighted by molar-refractivity contribution is 0.627. The SMILES string of the molecule is CCNc1nc(-c2ccc(F)cc2C)nc(CC)c1I. The van der Waals surface area contributed by atoms with Crippen molar-refractivity contribution < 1.29 is 4.39 Å². The maximum Gasteiger partial charge on any atom is 0.162 e. The van der Waals surface area contributed by atoms with E-state index in [1.165, 1.54) is 12.1 Å². The first-order chi connectivity index (χ1) is 9.56. The highest BCUT2D eigenvalue weighted by molar-refractivity contribution is 14.1. The number of nitrogens with zero attached hydrogens (tertiary/aromatic N) is 2. The first kappa shape index (κ1) is 15.2. The molecule has 0 spiro atoms. The minimum atomic E-state index is -0.237. The molecule has 1 aromatic heterocycles. The van der Waals surface area contributed by atoms with Crippen LogP contribution in [-0.4, -0.2) is 16.5 Å². The third-order valence-corrected chi connectivity index (χ3v) is 4.16. The number of anilines is 1. The molecule has 3 nitrogen and oxygen atoms in total. The van der Waals surface area contributed by atoms with E-state index in [4.69, 9.17) is 0 Å². The van der Waals surface area contributed by atoms with E-state index in [9.17, 15) is 4.39 Å². The van der Waals surface area contributed by atoms with Crippen LogP contribution in [-0.2, 0) is 6.42 Å². The van der Waals surface area contributed by atoms with Gasteiger partial charge in [-0.05, 0) is 66.6 Å². The molecule has 106 valence electrons. The highest BCUT2D eigenvalue weighted by Crippen LogP contribution is 2.26. The number of rotatable bonds is 4. The van der Waals surface area contributed by atoms with E-state index >= 15 is 0 Å². The summed E-state index contributed by atoms with van der Waals surface area (Å²) in [4.78, 5) is 9.19. The van der Waals surface area contributed by atoms with Gasteiger partial charge in [0.1, 0.15) is 11.6 Å². The summed E-state index contributed by atoms with van der Waals surface area (Å²) in [6.45, 7) is 6.78. The first-order valence-electron chi connectivity index (χ1n) is 6.63. The summed E-state index contributed by atoms with van der Waals surface area (Å²) >= 11 is 2.27. The molecule has 1 aromatic carbocycles. The number of hydrogen-bond donors (Lipinski definition) is 1. The lowest BCUT2D eigenvalue weighted by atomic mass is 10.1. The zero-order valence-electron chi connectivity index (χ0n) is 11.8. The molecule has 0 bridgehead atoms. The molecule has 2 aromatic rings. The Labute approximate surface area is 132 Å². The van der Waals surface area contributed by atoms with Crippen LogP contribution in [0.25, 0.3) is 11.4 Å². The van der Waals surface area contributed by atoms with Crippen molar-refractivity contribution in [2.24, 2.45) is 0 Å². The van der Waals surface area contributed by atoms with Gasteiger partial charge in [-0.1, -0.05) is 6.92 Å². The zero-order valence-corrected chi connectivity index (χ0v) is 14.0. The van der Waals surface area contributed by atoms with Crippen LogP contribution >= 0.6 is 22.6 Å². The normalized spacial score (nSPS) is 10.7. The van der Waals surface area contributed by atoms with Crippen molar-refractivity contribution in [3.05, 3.63) is 38.8 Å². The Bertz CT molecular complexity index is 629. The molecule has 5 heteroatoms. The Morgan fingerprint density at radius 2 is 2.00 bits per heavy atom. The monoisotopic (exact) mass is 385 g/mol. The molecule has 0 unspecified atom stereocenters. The van der Waals surface area contributed by atoms with Gasteiger partial charge in [0.25, 0.3) is 0 Å². The fourth-order valence-electron chi connectivity index (χ4n) is 2.01. The second kappa shape index (κ2) is 6.47. The molecule has 1 N–H and O–H groups in total. The Hall–Kier alpha value is -1.24.